The summed E-state index contributed by atoms with van der Waals surface area (Å²) in [5.74, 6) is 0. The third-order valence-electron chi connectivity index (χ3n) is 3.56. The van der Waals surface area contributed by atoms with E-state index in [1.165, 1.54) is 0 Å². The fourth-order valence-corrected chi connectivity index (χ4v) is 2.51. The first-order valence-electron chi connectivity index (χ1n) is 7.08. The Bertz CT molecular complexity index is 1050. The van der Waals surface area contributed by atoms with Gasteiger partial charge in [0.25, 0.3) is 5.56 Å². The topological polar surface area (TPSA) is 84.7 Å². The lowest BCUT2D eigenvalue weighted by atomic mass is 10.1. The molecule has 0 radical (unpaired) electrons. The van der Waals surface area contributed by atoms with Crippen LogP contribution < -0.4 is 5.56 Å². The Morgan fingerprint density at radius 1 is 1.17 bits per heavy atom. The number of hydrogen-bond acceptors (Lipinski definition) is 5. The summed E-state index contributed by atoms with van der Waals surface area (Å²) in [4.78, 5) is 23.7. The lowest BCUT2D eigenvalue weighted by molar-refractivity contribution is 0.459. The second-order valence-electron chi connectivity index (χ2n) is 5.25. The molecule has 0 fully saturated rings. The van der Waals surface area contributed by atoms with Crippen LogP contribution in [0.25, 0.3) is 33.6 Å². The third-order valence-corrected chi connectivity index (χ3v) is 3.56. The quantitative estimate of drug-likeness (QED) is 0.615. The van der Waals surface area contributed by atoms with Crippen molar-refractivity contribution in [1.29, 1.82) is 0 Å². The molecule has 0 aliphatic rings. The van der Waals surface area contributed by atoms with Gasteiger partial charge in [-0.1, -0.05) is 11.2 Å². The Hall–Kier alpha value is -3.28. The molecular weight excluding hydrogens is 292 g/mol. The first-order valence-corrected chi connectivity index (χ1v) is 7.08. The van der Waals surface area contributed by atoms with E-state index in [0.29, 0.717) is 28.1 Å². The predicted molar refractivity (Wildman–Crippen MR) is 85.8 cm³/mol. The molecule has 4 rings (SSSR count). The summed E-state index contributed by atoms with van der Waals surface area (Å²) in [5, 5.41) is 4.46. The van der Waals surface area contributed by atoms with Gasteiger partial charge in [-0.25, -0.2) is 0 Å². The van der Waals surface area contributed by atoms with Gasteiger partial charge < -0.3 is 9.51 Å². The zero-order valence-corrected chi connectivity index (χ0v) is 12.3. The monoisotopic (exact) mass is 304 g/mol. The Labute approximate surface area is 130 Å². The van der Waals surface area contributed by atoms with Crippen molar-refractivity contribution in [1.82, 2.24) is 20.1 Å². The van der Waals surface area contributed by atoms with Crippen LogP contribution in [0.3, 0.4) is 0 Å². The summed E-state index contributed by atoms with van der Waals surface area (Å²) in [7, 11) is 0. The average Bonchev–Trinajstić information content (AvgIpc) is 3.00. The van der Waals surface area contributed by atoms with Crippen molar-refractivity contribution in [2.24, 2.45) is 0 Å². The molecule has 4 heterocycles. The van der Waals surface area contributed by atoms with Crippen LogP contribution in [0.2, 0.25) is 0 Å². The van der Waals surface area contributed by atoms with E-state index in [1.807, 2.05) is 31.2 Å². The first kappa shape index (κ1) is 13.4. The Balaban J connectivity index is 1.93. The molecular formula is C17H12N4O2. The molecule has 0 spiro atoms. The summed E-state index contributed by atoms with van der Waals surface area (Å²) in [6.45, 7) is 1.93. The maximum absolute atomic E-state index is 12.5. The number of aromatic nitrogens is 4. The number of pyridine rings is 3. The highest BCUT2D eigenvalue weighted by Crippen LogP contribution is 2.27. The molecule has 23 heavy (non-hydrogen) atoms. The minimum atomic E-state index is -0.263. The third kappa shape index (κ3) is 2.30. The van der Waals surface area contributed by atoms with Crippen molar-refractivity contribution in [3.8, 4) is 22.6 Å². The second-order valence-corrected chi connectivity index (χ2v) is 5.25. The molecule has 0 aliphatic carbocycles. The highest BCUT2D eigenvalue weighted by Gasteiger charge is 2.16. The molecule has 0 saturated carbocycles. The van der Waals surface area contributed by atoms with Crippen LogP contribution in [0.1, 0.15) is 5.56 Å². The number of nitrogens with zero attached hydrogens (tertiary/aromatic N) is 3. The summed E-state index contributed by atoms with van der Waals surface area (Å²) < 4.78 is 5.36. The summed E-state index contributed by atoms with van der Waals surface area (Å²) in [6.07, 6.45) is 5.08. The van der Waals surface area contributed by atoms with E-state index < -0.39 is 0 Å². The molecule has 0 aliphatic heterocycles. The van der Waals surface area contributed by atoms with Gasteiger partial charge >= 0.3 is 0 Å². The molecule has 4 aromatic rings. The normalized spacial score (nSPS) is 11.0. The molecule has 0 aromatic carbocycles. The minimum Gasteiger partial charge on any atom is -0.355 e. The van der Waals surface area contributed by atoms with Gasteiger partial charge in [0.1, 0.15) is 11.1 Å². The van der Waals surface area contributed by atoms with Crippen LogP contribution in [-0.4, -0.2) is 20.1 Å². The van der Waals surface area contributed by atoms with Gasteiger partial charge in [0, 0.05) is 30.2 Å². The number of fused-ring (bicyclic) bond motifs is 1. The molecule has 6 heteroatoms. The molecule has 4 aromatic heterocycles. The molecule has 0 atom stereocenters. The lowest BCUT2D eigenvalue weighted by Gasteiger charge is -2.00. The molecule has 0 saturated heterocycles. The van der Waals surface area contributed by atoms with Crippen LogP contribution >= 0.6 is 0 Å². The lowest BCUT2D eigenvalue weighted by Crippen LogP contribution is -2.07. The van der Waals surface area contributed by atoms with Crippen LogP contribution in [0.4, 0.5) is 0 Å². The fourth-order valence-electron chi connectivity index (χ4n) is 2.51. The number of aromatic amines is 1. The van der Waals surface area contributed by atoms with Crippen molar-refractivity contribution < 1.29 is 4.52 Å². The summed E-state index contributed by atoms with van der Waals surface area (Å²) in [6, 6.07) is 9.14. The van der Waals surface area contributed by atoms with Crippen molar-refractivity contribution in [3.05, 3.63) is 64.8 Å². The van der Waals surface area contributed by atoms with Gasteiger partial charge in [0.15, 0.2) is 5.58 Å². The second kappa shape index (κ2) is 5.17. The van der Waals surface area contributed by atoms with E-state index in [1.54, 1.807) is 24.7 Å². The van der Waals surface area contributed by atoms with Gasteiger partial charge in [0.2, 0.25) is 0 Å². The highest BCUT2D eigenvalue weighted by molar-refractivity contribution is 5.92. The highest BCUT2D eigenvalue weighted by atomic mass is 16.5. The van der Waals surface area contributed by atoms with E-state index >= 15 is 0 Å². The van der Waals surface area contributed by atoms with Gasteiger partial charge in [-0.3, -0.25) is 14.8 Å². The molecule has 1 N–H and O–H groups in total. The Kier molecular flexibility index (Phi) is 3.01. The van der Waals surface area contributed by atoms with E-state index in [2.05, 4.69) is 20.1 Å². The van der Waals surface area contributed by atoms with Gasteiger partial charge in [-0.2, -0.15) is 0 Å². The van der Waals surface area contributed by atoms with E-state index in [-0.39, 0.29) is 5.56 Å². The van der Waals surface area contributed by atoms with Crippen LogP contribution in [-0.2, 0) is 0 Å². The van der Waals surface area contributed by atoms with Gasteiger partial charge in [0.05, 0.1) is 11.4 Å². The zero-order valence-electron chi connectivity index (χ0n) is 12.3. The van der Waals surface area contributed by atoms with Crippen molar-refractivity contribution in [3.63, 3.8) is 0 Å². The molecule has 0 bridgehead atoms. The maximum Gasteiger partial charge on any atom is 0.261 e. The Morgan fingerprint density at radius 2 is 2.09 bits per heavy atom. The van der Waals surface area contributed by atoms with E-state index in [9.17, 15) is 4.79 Å². The molecule has 6 nitrogen and oxygen atoms in total. The number of rotatable bonds is 2. The van der Waals surface area contributed by atoms with E-state index in [4.69, 9.17) is 4.52 Å². The van der Waals surface area contributed by atoms with Crippen molar-refractivity contribution >= 4 is 11.0 Å². The van der Waals surface area contributed by atoms with Gasteiger partial charge in [-0.05, 0) is 30.7 Å². The van der Waals surface area contributed by atoms with Crippen LogP contribution in [0.5, 0.6) is 0 Å². The number of nitrogens with one attached hydrogen (secondary N) is 1. The largest absolute Gasteiger partial charge is 0.355 e. The molecule has 0 amide bonds. The first-order chi connectivity index (χ1) is 11.2. The predicted octanol–water partition coefficient (Wildman–Crippen LogP) is 2.95. The standard InChI is InChI=1S/C17H12N4O2/c1-10-6-11(9-18-8-10)16-15-14(23-21-16)7-13(20-17(15)22)12-4-2-3-5-19-12/h2-9H,1H3,(H,20,22). The number of hydrogen-bond donors (Lipinski definition) is 1. The number of H-pyrrole nitrogens is 1. The summed E-state index contributed by atoms with van der Waals surface area (Å²) in [5.41, 5.74) is 3.65. The zero-order chi connectivity index (χ0) is 15.8. The Morgan fingerprint density at radius 3 is 2.87 bits per heavy atom. The molecule has 112 valence electrons. The maximum atomic E-state index is 12.5. The van der Waals surface area contributed by atoms with Crippen molar-refractivity contribution in [2.75, 3.05) is 0 Å². The van der Waals surface area contributed by atoms with Crippen LogP contribution in [0.15, 0.2) is 58.2 Å². The smallest absolute Gasteiger partial charge is 0.261 e. The van der Waals surface area contributed by atoms with Gasteiger partial charge in [-0.15, -0.1) is 0 Å². The van der Waals surface area contributed by atoms with E-state index in [0.717, 1.165) is 11.1 Å². The van der Waals surface area contributed by atoms with Crippen LogP contribution in [0, 0.1) is 6.92 Å². The van der Waals surface area contributed by atoms with Crippen molar-refractivity contribution in [2.45, 2.75) is 6.92 Å². The average molecular weight is 304 g/mol. The molecule has 0 unspecified atom stereocenters. The summed E-state index contributed by atoms with van der Waals surface area (Å²) >= 11 is 0. The fraction of sp³-hybridized carbons (Fsp3) is 0.0588. The number of aryl methyl sites for hydroxylation is 1. The SMILES string of the molecule is Cc1cncc(-c2noc3cc(-c4ccccn4)[nH]c(=O)c23)c1. The minimum absolute atomic E-state index is 0.263.